The van der Waals surface area contributed by atoms with Gasteiger partial charge in [0.05, 0.1) is 12.5 Å². The van der Waals surface area contributed by atoms with Crippen molar-refractivity contribution < 1.29 is 4.79 Å². The summed E-state index contributed by atoms with van der Waals surface area (Å²) in [6.07, 6.45) is 6.46. The number of fused-ring (bicyclic) bond motifs is 1. The average molecular weight is 251 g/mol. The Morgan fingerprint density at radius 1 is 1.26 bits per heavy atom. The number of nitrogens with one attached hydrogen (secondary N) is 1. The second-order valence-electron chi connectivity index (χ2n) is 4.51. The van der Waals surface area contributed by atoms with Gasteiger partial charge in [0.1, 0.15) is 0 Å². The fourth-order valence-corrected chi connectivity index (χ4v) is 2.13. The number of hydrogen-bond donors (Lipinski definition) is 1. The number of terminal acetylenes is 1. The highest BCUT2D eigenvalue weighted by atomic mass is 16.1. The fraction of sp³-hybridized carbons (Fsp3) is 0.235. The van der Waals surface area contributed by atoms with Crippen LogP contribution in [0.2, 0.25) is 0 Å². The van der Waals surface area contributed by atoms with Gasteiger partial charge in [-0.25, -0.2) is 0 Å². The van der Waals surface area contributed by atoms with Gasteiger partial charge in [0.2, 0.25) is 5.91 Å². The number of carbonyl (C=O) groups excluding carboxylic acids is 1. The van der Waals surface area contributed by atoms with Gasteiger partial charge < -0.3 is 5.32 Å². The van der Waals surface area contributed by atoms with Crippen LogP contribution in [0.15, 0.2) is 42.5 Å². The maximum Gasteiger partial charge on any atom is 0.225 e. The molecular formula is C17H17NO. The summed E-state index contributed by atoms with van der Waals surface area (Å²) >= 11 is 0. The zero-order valence-corrected chi connectivity index (χ0v) is 11.0. The lowest BCUT2D eigenvalue weighted by atomic mass is 10.0. The lowest BCUT2D eigenvalue weighted by Crippen LogP contribution is -2.34. The molecule has 0 aliphatic rings. The first-order valence-electron chi connectivity index (χ1n) is 6.46. The minimum absolute atomic E-state index is 0.0267. The highest BCUT2D eigenvalue weighted by molar-refractivity contribution is 5.90. The van der Waals surface area contributed by atoms with Crippen LogP contribution in [0.5, 0.6) is 0 Å². The van der Waals surface area contributed by atoms with Crippen LogP contribution in [0.4, 0.5) is 0 Å². The molecule has 0 saturated carbocycles. The van der Waals surface area contributed by atoms with Crippen LogP contribution in [0.25, 0.3) is 10.8 Å². The van der Waals surface area contributed by atoms with Gasteiger partial charge in [-0.2, -0.15) is 0 Å². The first kappa shape index (κ1) is 13.2. The van der Waals surface area contributed by atoms with Gasteiger partial charge in [0, 0.05) is 0 Å². The van der Waals surface area contributed by atoms with E-state index in [4.69, 9.17) is 6.42 Å². The molecule has 0 aromatic heterocycles. The van der Waals surface area contributed by atoms with E-state index in [0.717, 1.165) is 22.8 Å². The van der Waals surface area contributed by atoms with E-state index in [1.54, 1.807) is 0 Å². The van der Waals surface area contributed by atoms with Gasteiger partial charge >= 0.3 is 0 Å². The molecule has 1 amide bonds. The van der Waals surface area contributed by atoms with Crippen molar-refractivity contribution in [1.82, 2.24) is 5.32 Å². The second-order valence-corrected chi connectivity index (χ2v) is 4.51. The standard InChI is InChI=1S/C17H17NO/c1-3-15(4-2)18-17(19)12-14-10-7-9-13-8-5-6-11-16(13)14/h1,5-11,15H,4,12H2,2H3,(H,18,19). The number of amides is 1. The van der Waals surface area contributed by atoms with E-state index in [1.807, 2.05) is 49.4 Å². The van der Waals surface area contributed by atoms with Crippen molar-refractivity contribution in [3.8, 4) is 12.3 Å². The zero-order valence-electron chi connectivity index (χ0n) is 11.0. The minimum Gasteiger partial charge on any atom is -0.342 e. The molecule has 1 atom stereocenters. The summed E-state index contributed by atoms with van der Waals surface area (Å²) in [6, 6.07) is 13.9. The molecule has 2 aromatic rings. The highest BCUT2D eigenvalue weighted by Gasteiger charge is 2.09. The van der Waals surface area contributed by atoms with Crippen molar-refractivity contribution >= 4 is 16.7 Å². The maximum absolute atomic E-state index is 12.0. The van der Waals surface area contributed by atoms with E-state index in [2.05, 4.69) is 11.2 Å². The fourth-order valence-electron chi connectivity index (χ4n) is 2.13. The molecule has 0 heterocycles. The normalized spacial score (nSPS) is 11.8. The van der Waals surface area contributed by atoms with Crippen molar-refractivity contribution in [2.24, 2.45) is 0 Å². The molecule has 0 radical (unpaired) electrons. The molecule has 0 saturated heterocycles. The number of rotatable bonds is 4. The Bertz CT molecular complexity index is 619. The lowest BCUT2D eigenvalue weighted by Gasteiger charge is -2.11. The Morgan fingerprint density at radius 3 is 2.74 bits per heavy atom. The van der Waals surface area contributed by atoms with Crippen LogP contribution in [0.1, 0.15) is 18.9 Å². The molecule has 96 valence electrons. The van der Waals surface area contributed by atoms with Gasteiger partial charge in [-0.05, 0) is 22.8 Å². The van der Waals surface area contributed by atoms with Gasteiger partial charge in [-0.1, -0.05) is 55.3 Å². The SMILES string of the molecule is C#CC(CC)NC(=O)Cc1cccc2ccccc12. The first-order valence-corrected chi connectivity index (χ1v) is 6.46. The van der Waals surface area contributed by atoms with Crippen molar-refractivity contribution in [3.05, 3.63) is 48.0 Å². The van der Waals surface area contributed by atoms with Crippen molar-refractivity contribution in [3.63, 3.8) is 0 Å². The van der Waals surface area contributed by atoms with Crippen LogP contribution >= 0.6 is 0 Å². The first-order chi connectivity index (χ1) is 9.24. The number of carbonyl (C=O) groups is 1. The monoisotopic (exact) mass is 251 g/mol. The third-order valence-electron chi connectivity index (χ3n) is 3.18. The Kier molecular flexibility index (Phi) is 4.20. The summed E-state index contributed by atoms with van der Waals surface area (Å²) in [5.74, 6) is 2.55. The van der Waals surface area contributed by atoms with E-state index in [-0.39, 0.29) is 11.9 Å². The summed E-state index contributed by atoms with van der Waals surface area (Å²) in [6.45, 7) is 1.96. The van der Waals surface area contributed by atoms with Gasteiger partial charge in [0.15, 0.2) is 0 Å². The molecule has 0 bridgehead atoms. The van der Waals surface area contributed by atoms with Crippen molar-refractivity contribution in [2.75, 3.05) is 0 Å². The predicted octanol–water partition coefficient (Wildman–Crippen LogP) is 2.91. The molecule has 0 aliphatic heterocycles. The van der Waals surface area contributed by atoms with Crippen LogP contribution in [-0.2, 0) is 11.2 Å². The smallest absolute Gasteiger partial charge is 0.225 e. The van der Waals surface area contributed by atoms with Gasteiger partial charge in [-0.15, -0.1) is 6.42 Å². The Balaban J connectivity index is 2.18. The van der Waals surface area contributed by atoms with E-state index in [1.165, 1.54) is 0 Å². The zero-order chi connectivity index (χ0) is 13.7. The van der Waals surface area contributed by atoms with Gasteiger partial charge in [-0.3, -0.25) is 4.79 Å². The third-order valence-corrected chi connectivity index (χ3v) is 3.18. The summed E-state index contributed by atoms with van der Waals surface area (Å²) in [4.78, 5) is 12.0. The van der Waals surface area contributed by atoms with Crippen LogP contribution < -0.4 is 5.32 Å². The summed E-state index contributed by atoms with van der Waals surface area (Å²) < 4.78 is 0. The molecule has 2 rings (SSSR count). The molecule has 0 spiro atoms. The van der Waals surface area contributed by atoms with E-state index < -0.39 is 0 Å². The lowest BCUT2D eigenvalue weighted by molar-refractivity contribution is -0.120. The second kappa shape index (κ2) is 6.06. The summed E-state index contributed by atoms with van der Waals surface area (Å²) in [7, 11) is 0. The Labute approximate surface area is 113 Å². The number of benzene rings is 2. The van der Waals surface area contributed by atoms with Crippen molar-refractivity contribution in [2.45, 2.75) is 25.8 Å². The number of hydrogen-bond acceptors (Lipinski definition) is 1. The van der Waals surface area contributed by atoms with Crippen molar-refractivity contribution in [1.29, 1.82) is 0 Å². The molecule has 2 aromatic carbocycles. The largest absolute Gasteiger partial charge is 0.342 e. The molecule has 1 N–H and O–H groups in total. The summed E-state index contributed by atoms with van der Waals surface area (Å²) in [5.41, 5.74) is 1.03. The van der Waals surface area contributed by atoms with E-state index in [9.17, 15) is 4.79 Å². The molecule has 2 nitrogen and oxygen atoms in total. The van der Waals surface area contributed by atoms with Crippen LogP contribution in [0, 0.1) is 12.3 Å². The average Bonchev–Trinajstić information content (AvgIpc) is 2.45. The molecule has 1 unspecified atom stereocenters. The molecule has 19 heavy (non-hydrogen) atoms. The molecule has 2 heteroatoms. The molecule has 0 fully saturated rings. The quantitative estimate of drug-likeness (QED) is 0.832. The third kappa shape index (κ3) is 3.14. The minimum atomic E-state index is -0.178. The highest BCUT2D eigenvalue weighted by Crippen LogP contribution is 2.18. The summed E-state index contributed by atoms with van der Waals surface area (Å²) in [5, 5.41) is 5.12. The van der Waals surface area contributed by atoms with E-state index in [0.29, 0.717) is 6.42 Å². The topological polar surface area (TPSA) is 29.1 Å². The predicted molar refractivity (Wildman–Crippen MR) is 78.7 cm³/mol. The van der Waals surface area contributed by atoms with Crippen LogP contribution in [0.3, 0.4) is 0 Å². The Morgan fingerprint density at radius 2 is 2.00 bits per heavy atom. The Hall–Kier alpha value is -2.27. The van der Waals surface area contributed by atoms with E-state index >= 15 is 0 Å². The maximum atomic E-state index is 12.0. The molecular weight excluding hydrogens is 234 g/mol. The molecule has 0 aliphatic carbocycles. The van der Waals surface area contributed by atoms with Crippen LogP contribution in [-0.4, -0.2) is 11.9 Å². The van der Waals surface area contributed by atoms with Gasteiger partial charge in [0.25, 0.3) is 0 Å².